The lowest BCUT2D eigenvalue weighted by Gasteiger charge is -2.32. The molecule has 5 nitrogen and oxygen atoms in total. The molecule has 0 aromatic carbocycles. The van der Waals surface area contributed by atoms with Crippen LogP contribution in [0, 0.1) is 5.92 Å². The Labute approximate surface area is 141 Å². The molecule has 0 atom stereocenters. The van der Waals surface area contributed by atoms with E-state index in [1.165, 1.54) is 0 Å². The number of hydrogen-bond acceptors (Lipinski definition) is 3. The van der Waals surface area contributed by atoms with E-state index >= 15 is 0 Å². The molecule has 5 heteroatoms. The zero-order chi connectivity index (χ0) is 17.4. The zero-order valence-corrected chi connectivity index (χ0v) is 15.6. The van der Waals surface area contributed by atoms with E-state index in [-0.39, 0.29) is 17.7 Å². The molecule has 0 aromatic rings. The molecule has 1 N–H and O–H groups in total. The first-order chi connectivity index (χ1) is 10.9. The van der Waals surface area contributed by atoms with E-state index in [9.17, 15) is 9.59 Å². The highest BCUT2D eigenvalue weighted by Crippen LogP contribution is 2.18. The lowest BCUT2D eigenvalue weighted by Crippen LogP contribution is -2.46. The van der Waals surface area contributed by atoms with Crippen molar-refractivity contribution in [1.82, 2.24) is 15.1 Å². The Kier molecular flexibility index (Phi) is 8.59. The SMILES string of the molecule is CCCC(=O)N1CCC(C(=O)NCCN(C(C)C)C(C)C)CC1. The predicted molar refractivity (Wildman–Crippen MR) is 94.2 cm³/mol. The van der Waals surface area contributed by atoms with Crippen molar-refractivity contribution in [1.29, 1.82) is 0 Å². The first-order valence-corrected chi connectivity index (χ1v) is 9.18. The van der Waals surface area contributed by atoms with E-state index in [1.54, 1.807) is 0 Å². The van der Waals surface area contributed by atoms with Gasteiger partial charge in [0.2, 0.25) is 11.8 Å². The summed E-state index contributed by atoms with van der Waals surface area (Å²) in [5, 5.41) is 3.08. The average molecular weight is 325 g/mol. The second-order valence-corrected chi connectivity index (χ2v) is 7.12. The van der Waals surface area contributed by atoms with Gasteiger partial charge in [-0.15, -0.1) is 0 Å². The quantitative estimate of drug-likeness (QED) is 0.745. The molecule has 23 heavy (non-hydrogen) atoms. The highest BCUT2D eigenvalue weighted by atomic mass is 16.2. The summed E-state index contributed by atoms with van der Waals surface area (Å²) in [6.45, 7) is 13.8. The molecule has 0 aromatic heterocycles. The monoisotopic (exact) mass is 325 g/mol. The van der Waals surface area contributed by atoms with E-state index < -0.39 is 0 Å². The number of rotatable bonds is 8. The van der Waals surface area contributed by atoms with Crippen molar-refractivity contribution in [2.75, 3.05) is 26.2 Å². The Morgan fingerprint density at radius 3 is 2.17 bits per heavy atom. The van der Waals surface area contributed by atoms with E-state index in [4.69, 9.17) is 0 Å². The number of nitrogens with zero attached hydrogens (tertiary/aromatic N) is 2. The van der Waals surface area contributed by atoms with Crippen molar-refractivity contribution in [2.45, 2.75) is 72.4 Å². The lowest BCUT2D eigenvalue weighted by molar-refractivity contribution is -0.135. The van der Waals surface area contributed by atoms with Gasteiger partial charge in [0.1, 0.15) is 0 Å². The molecule has 0 spiro atoms. The van der Waals surface area contributed by atoms with Crippen LogP contribution in [0.25, 0.3) is 0 Å². The van der Waals surface area contributed by atoms with Crippen molar-refractivity contribution >= 4 is 11.8 Å². The standard InChI is InChI=1S/C18H35N3O2/c1-6-7-17(22)20-11-8-16(9-12-20)18(23)19-10-13-21(14(2)3)15(4)5/h14-16H,6-13H2,1-5H3,(H,19,23). The molecule has 1 rings (SSSR count). The summed E-state index contributed by atoms with van der Waals surface area (Å²) >= 11 is 0. The number of carbonyl (C=O) groups excluding carboxylic acids is 2. The summed E-state index contributed by atoms with van der Waals surface area (Å²) in [6, 6.07) is 0.972. The normalized spacial score (nSPS) is 16.4. The topological polar surface area (TPSA) is 52.7 Å². The molecular weight excluding hydrogens is 290 g/mol. The summed E-state index contributed by atoms with van der Waals surface area (Å²) in [7, 11) is 0. The molecule has 0 bridgehead atoms. The van der Waals surface area contributed by atoms with Crippen LogP contribution in [0.4, 0.5) is 0 Å². The van der Waals surface area contributed by atoms with Gasteiger partial charge in [-0.05, 0) is 47.0 Å². The third-order valence-electron chi connectivity index (χ3n) is 4.68. The van der Waals surface area contributed by atoms with Gasteiger partial charge in [-0.3, -0.25) is 14.5 Å². The Balaban J connectivity index is 2.30. The third-order valence-corrected chi connectivity index (χ3v) is 4.68. The molecule has 1 fully saturated rings. The van der Waals surface area contributed by atoms with Gasteiger partial charge in [-0.1, -0.05) is 6.92 Å². The maximum atomic E-state index is 12.3. The maximum absolute atomic E-state index is 12.3. The van der Waals surface area contributed by atoms with Gasteiger partial charge in [0.05, 0.1) is 0 Å². The van der Waals surface area contributed by atoms with E-state index in [0.29, 0.717) is 25.0 Å². The molecule has 0 saturated carbocycles. The Morgan fingerprint density at radius 1 is 1.13 bits per heavy atom. The summed E-state index contributed by atoms with van der Waals surface area (Å²) in [5.74, 6) is 0.447. The summed E-state index contributed by atoms with van der Waals surface area (Å²) in [4.78, 5) is 28.4. The number of piperidine rings is 1. The van der Waals surface area contributed by atoms with Crippen LogP contribution in [-0.2, 0) is 9.59 Å². The van der Waals surface area contributed by atoms with Gasteiger partial charge in [0.25, 0.3) is 0 Å². The molecule has 1 aliphatic heterocycles. The van der Waals surface area contributed by atoms with Crippen LogP contribution >= 0.6 is 0 Å². The fraction of sp³-hybridized carbons (Fsp3) is 0.889. The predicted octanol–water partition coefficient (Wildman–Crippen LogP) is 2.26. The third kappa shape index (κ3) is 6.50. The fourth-order valence-electron chi connectivity index (χ4n) is 3.33. The van der Waals surface area contributed by atoms with Gasteiger partial charge < -0.3 is 10.2 Å². The van der Waals surface area contributed by atoms with Crippen molar-refractivity contribution in [3.63, 3.8) is 0 Å². The van der Waals surface area contributed by atoms with Crippen molar-refractivity contribution in [3.05, 3.63) is 0 Å². The Morgan fingerprint density at radius 2 is 1.70 bits per heavy atom. The lowest BCUT2D eigenvalue weighted by atomic mass is 9.95. The molecule has 0 unspecified atom stereocenters. The van der Waals surface area contributed by atoms with Crippen LogP contribution in [-0.4, -0.2) is 59.9 Å². The molecule has 0 radical (unpaired) electrons. The zero-order valence-electron chi connectivity index (χ0n) is 15.6. The number of likely N-dealkylation sites (tertiary alicyclic amines) is 1. The average Bonchev–Trinajstić information content (AvgIpc) is 2.51. The maximum Gasteiger partial charge on any atom is 0.223 e. The van der Waals surface area contributed by atoms with Crippen molar-refractivity contribution in [3.8, 4) is 0 Å². The largest absolute Gasteiger partial charge is 0.355 e. The minimum atomic E-state index is 0.0622. The molecule has 134 valence electrons. The van der Waals surface area contributed by atoms with Crippen LogP contribution in [0.3, 0.4) is 0 Å². The minimum absolute atomic E-state index is 0.0622. The number of carbonyl (C=O) groups is 2. The van der Waals surface area contributed by atoms with E-state index in [1.807, 2.05) is 11.8 Å². The number of amides is 2. The van der Waals surface area contributed by atoms with E-state index in [2.05, 4.69) is 37.9 Å². The van der Waals surface area contributed by atoms with Gasteiger partial charge in [-0.2, -0.15) is 0 Å². The van der Waals surface area contributed by atoms with Crippen LogP contribution in [0.2, 0.25) is 0 Å². The minimum Gasteiger partial charge on any atom is -0.355 e. The van der Waals surface area contributed by atoms with E-state index in [0.717, 1.165) is 38.9 Å². The smallest absolute Gasteiger partial charge is 0.223 e. The second-order valence-electron chi connectivity index (χ2n) is 7.12. The first kappa shape index (κ1) is 19.9. The molecule has 1 heterocycles. The van der Waals surface area contributed by atoms with Crippen LogP contribution in [0.1, 0.15) is 60.3 Å². The van der Waals surface area contributed by atoms with Gasteiger partial charge in [0, 0.05) is 50.6 Å². The Hall–Kier alpha value is -1.10. The molecule has 1 aliphatic rings. The highest BCUT2D eigenvalue weighted by molar-refractivity contribution is 5.80. The van der Waals surface area contributed by atoms with Crippen molar-refractivity contribution in [2.24, 2.45) is 5.92 Å². The second kappa shape index (κ2) is 9.91. The van der Waals surface area contributed by atoms with Crippen LogP contribution in [0.15, 0.2) is 0 Å². The highest BCUT2D eigenvalue weighted by Gasteiger charge is 2.26. The van der Waals surface area contributed by atoms with Gasteiger partial charge >= 0.3 is 0 Å². The summed E-state index contributed by atoms with van der Waals surface area (Å²) in [6.07, 6.45) is 3.09. The van der Waals surface area contributed by atoms with Gasteiger partial charge in [-0.25, -0.2) is 0 Å². The number of hydrogen-bond donors (Lipinski definition) is 1. The first-order valence-electron chi connectivity index (χ1n) is 9.18. The van der Waals surface area contributed by atoms with Crippen molar-refractivity contribution < 1.29 is 9.59 Å². The molecule has 1 saturated heterocycles. The van der Waals surface area contributed by atoms with Crippen LogP contribution in [0.5, 0.6) is 0 Å². The summed E-state index contributed by atoms with van der Waals surface area (Å²) < 4.78 is 0. The molecule has 0 aliphatic carbocycles. The number of nitrogens with one attached hydrogen (secondary N) is 1. The fourth-order valence-corrected chi connectivity index (χ4v) is 3.33. The molecular formula is C18H35N3O2. The Bertz CT molecular complexity index is 366. The summed E-state index contributed by atoms with van der Waals surface area (Å²) in [5.41, 5.74) is 0. The molecule has 2 amide bonds. The van der Waals surface area contributed by atoms with Crippen LogP contribution < -0.4 is 5.32 Å². The van der Waals surface area contributed by atoms with Gasteiger partial charge in [0.15, 0.2) is 0 Å².